The van der Waals surface area contributed by atoms with Gasteiger partial charge in [0, 0.05) is 24.5 Å². The maximum atomic E-state index is 11.9. The van der Waals surface area contributed by atoms with Crippen LogP contribution in [0.4, 0.5) is 11.4 Å². The Bertz CT molecular complexity index is 577. The van der Waals surface area contributed by atoms with Crippen LogP contribution in [-0.4, -0.2) is 37.2 Å². The predicted octanol–water partition coefficient (Wildman–Crippen LogP) is 1.76. The minimum Gasteiger partial charge on any atom is -0.451 e. The summed E-state index contributed by atoms with van der Waals surface area (Å²) in [5.41, 5.74) is 2.08. The van der Waals surface area contributed by atoms with E-state index in [1.807, 2.05) is 24.3 Å². The van der Waals surface area contributed by atoms with Gasteiger partial charge in [0.2, 0.25) is 0 Å². The highest BCUT2D eigenvalue weighted by Gasteiger charge is 2.13. The van der Waals surface area contributed by atoms with Crippen molar-refractivity contribution in [2.24, 2.45) is 0 Å². The number of nitrogens with one attached hydrogen (secondary N) is 1. The van der Waals surface area contributed by atoms with Crippen LogP contribution in [-0.2, 0) is 4.74 Å². The Labute approximate surface area is 116 Å². The van der Waals surface area contributed by atoms with Crippen molar-refractivity contribution in [3.05, 3.63) is 42.6 Å². The largest absolute Gasteiger partial charge is 0.451 e. The Morgan fingerprint density at radius 2 is 2.15 bits per heavy atom. The molecule has 0 bridgehead atoms. The first-order valence-corrected chi connectivity index (χ1v) is 6.45. The normalized spacial score (nSPS) is 15.1. The van der Waals surface area contributed by atoms with Gasteiger partial charge in [-0.1, -0.05) is 6.07 Å². The van der Waals surface area contributed by atoms with Crippen LogP contribution in [0.1, 0.15) is 10.5 Å². The molecule has 0 aliphatic carbocycles. The van der Waals surface area contributed by atoms with Crippen molar-refractivity contribution in [3.63, 3.8) is 0 Å². The van der Waals surface area contributed by atoms with Gasteiger partial charge in [-0.3, -0.25) is 4.79 Å². The van der Waals surface area contributed by atoms with Gasteiger partial charge in [0.05, 0.1) is 13.2 Å². The predicted molar refractivity (Wildman–Crippen MR) is 73.9 cm³/mol. The lowest BCUT2D eigenvalue weighted by Crippen LogP contribution is -2.36. The van der Waals surface area contributed by atoms with E-state index in [0.29, 0.717) is 0 Å². The molecule has 2 aromatic rings. The standard InChI is InChI=1S/C14H15N3O3/c18-14(13-9-20-10-15-13)16-11-2-1-3-12(8-11)17-4-6-19-7-5-17/h1-3,8-10H,4-7H2,(H,16,18). The molecule has 6 nitrogen and oxygen atoms in total. The molecular formula is C14H15N3O3. The average molecular weight is 273 g/mol. The van der Waals surface area contributed by atoms with Crippen LogP contribution in [0.3, 0.4) is 0 Å². The zero-order valence-corrected chi connectivity index (χ0v) is 10.9. The lowest BCUT2D eigenvalue weighted by atomic mass is 10.2. The van der Waals surface area contributed by atoms with Gasteiger partial charge in [0.25, 0.3) is 5.91 Å². The Morgan fingerprint density at radius 3 is 2.90 bits per heavy atom. The fourth-order valence-corrected chi connectivity index (χ4v) is 2.12. The zero-order chi connectivity index (χ0) is 13.8. The third-order valence-corrected chi connectivity index (χ3v) is 3.15. The van der Waals surface area contributed by atoms with Crippen LogP contribution < -0.4 is 10.2 Å². The van der Waals surface area contributed by atoms with Crippen LogP contribution in [0.15, 0.2) is 41.3 Å². The van der Waals surface area contributed by atoms with Gasteiger partial charge in [-0.25, -0.2) is 4.98 Å². The van der Waals surface area contributed by atoms with E-state index in [9.17, 15) is 4.79 Å². The molecule has 3 rings (SSSR count). The second kappa shape index (κ2) is 5.75. The molecule has 1 aromatic heterocycles. The smallest absolute Gasteiger partial charge is 0.277 e. The summed E-state index contributed by atoms with van der Waals surface area (Å²) in [5, 5.41) is 2.80. The molecule has 1 saturated heterocycles. The number of aromatic nitrogens is 1. The first kappa shape index (κ1) is 12.7. The molecule has 0 atom stereocenters. The minimum atomic E-state index is -0.280. The molecule has 0 saturated carbocycles. The molecule has 6 heteroatoms. The van der Waals surface area contributed by atoms with Gasteiger partial charge in [-0.2, -0.15) is 0 Å². The van der Waals surface area contributed by atoms with Gasteiger partial charge in [0.15, 0.2) is 12.1 Å². The lowest BCUT2D eigenvalue weighted by molar-refractivity contribution is 0.102. The van der Waals surface area contributed by atoms with Crippen molar-refractivity contribution in [1.29, 1.82) is 0 Å². The number of carbonyl (C=O) groups excluding carboxylic acids is 1. The van der Waals surface area contributed by atoms with Gasteiger partial charge in [-0.05, 0) is 18.2 Å². The third-order valence-electron chi connectivity index (χ3n) is 3.15. The van der Waals surface area contributed by atoms with Crippen molar-refractivity contribution in [2.75, 3.05) is 36.5 Å². The van der Waals surface area contributed by atoms with Crippen LogP contribution in [0.25, 0.3) is 0 Å². The highest BCUT2D eigenvalue weighted by molar-refractivity contribution is 6.02. The molecular weight excluding hydrogens is 258 g/mol. The van der Waals surface area contributed by atoms with Gasteiger partial charge in [-0.15, -0.1) is 0 Å². The molecule has 0 spiro atoms. The summed E-state index contributed by atoms with van der Waals surface area (Å²) < 4.78 is 10.1. The maximum absolute atomic E-state index is 11.9. The minimum absolute atomic E-state index is 0.266. The van der Waals surface area contributed by atoms with E-state index in [1.54, 1.807) is 0 Å². The second-order valence-electron chi connectivity index (χ2n) is 4.48. The number of ether oxygens (including phenoxy) is 1. The van der Waals surface area contributed by atoms with E-state index in [2.05, 4.69) is 15.2 Å². The Morgan fingerprint density at radius 1 is 1.30 bits per heavy atom. The van der Waals surface area contributed by atoms with E-state index in [-0.39, 0.29) is 11.6 Å². The van der Waals surface area contributed by atoms with E-state index in [4.69, 9.17) is 9.15 Å². The number of hydrogen-bond acceptors (Lipinski definition) is 5. The summed E-state index contributed by atoms with van der Waals surface area (Å²) in [6.07, 6.45) is 2.56. The molecule has 1 N–H and O–H groups in total. The Kier molecular flexibility index (Phi) is 3.64. The van der Waals surface area contributed by atoms with Gasteiger partial charge >= 0.3 is 0 Å². The van der Waals surface area contributed by atoms with Crippen LogP contribution >= 0.6 is 0 Å². The summed E-state index contributed by atoms with van der Waals surface area (Å²) in [6.45, 7) is 3.19. The first-order valence-electron chi connectivity index (χ1n) is 6.45. The summed E-state index contributed by atoms with van der Waals surface area (Å²) in [4.78, 5) is 17.9. The van der Waals surface area contributed by atoms with Crippen molar-refractivity contribution in [2.45, 2.75) is 0 Å². The number of amides is 1. The van der Waals surface area contributed by atoms with Crippen molar-refractivity contribution in [3.8, 4) is 0 Å². The maximum Gasteiger partial charge on any atom is 0.277 e. The number of benzene rings is 1. The highest BCUT2D eigenvalue weighted by atomic mass is 16.5. The number of morpholine rings is 1. The van der Waals surface area contributed by atoms with Gasteiger partial charge in [0.1, 0.15) is 6.26 Å². The molecule has 104 valence electrons. The van der Waals surface area contributed by atoms with Crippen molar-refractivity contribution < 1.29 is 13.9 Å². The van der Waals surface area contributed by atoms with E-state index >= 15 is 0 Å². The quantitative estimate of drug-likeness (QED) is 0.923. The van der Waals surface area contributed by atoms with Crippen molar-refractivity contribution >= 4 is 17.3 Å². The second-order valence-corrected chi connectivity index (χ2v) is 4.48. The molecule has 0 unspecified atom stereocenters. The van der Waals surface area contributed by atoms with Crippen LogP contribution in [0.2, 0.25) is 0 Å². The third kappa shape index (κ3) is 2.80. The fraction of sp³-hybridized carbons (Fsp3) is 0.286. The summed E-state index contributed by atoms with van der Waals surface area (Å²) in [7, 11) is 0. The summed E-state index contributed by atoms with van der Waals surface area (Å²) in [6, 6.07) is 7.74. The molecule has 1 aromatic carbocycles. The molecule has 1 fully saturated rings. The Balaban J connectivity index is 1.72. The number of rotatable bonds is 3. The molecule has 1 amide bonds. The SMILES string of the molecule is O=C(Nc1cccc(N2CCOCC2)c1)c1cocn1. The topological polar surface area (TPSA) is 67.6 Å². The lowest BCUT2D eigenvalue weighted by Gasteiger charge is -2.29. The fourth-order valence-electron chi connectivity index (χ4n) is 2.12. The molecule has 20 heavy (non-hydrogen) atoms. The molecule has 2 heterocycles. The number of anilines is 2. The molecule has 1 aliphatic heterocycles. The van der Waals surface area contributed by atoms with E-state index in [1.165, 1.54) is 12.7 Å². The highest BCUT2D eigenvalue weighted by Crippen LogP contribution is 2.20. The van der Waals surface area contributed by atoms with E-state index in [0.717, 1.165) is 37.7 Å². The number of carbonyl (C=O) groups is 1. The van der Waals surface area contributed by atoms with Crippen molar-refractivity contribution in [1.82, 2.24) is 4.98 Å². The number of hydrogen-bond donors (Lipinski definition) is 1. The van der Waals surface area contributed by atoms with Crippen LogP contribution in [0.5, 0.6) is 0 Å². The average Bonchev–Trinajstić information content (AvgIpc) is 3.03. The monoisotopic (exact) mass is 273 g/mol. The molecule has 1 aliphatic rings. The zero-order valence-electron chi connectivity index (χ0n) is 10.9. The number of nitrogens with zero attached hydrogens (tertiary/aromatic N) is 2. The Hall–Kier alpha value is -2.34. The van der Waals surface area contributed by atoms with E-state index < -0.39 is 0 Å². The summed E-state index contributed by atoms with van der Waals surface area (Å²) in [5.74, 6) is -0.280. The summed E-state index contributed by atoms with van der Waals surface area (Å²) >= 11 is 0. The van der Waals surface area contributed by atoms with Gasteiger partial charge < -0.3 is 19.4 Å². The van der Waals surface area contributed by atoms with Crippen LogP contribution in [0, 0.1) is 0 Å². The molecule has 0 radical (unpaired) electrons. The first-order chi connectivity index (χ1) is 9.83. The number of oxazole rings is 1.